The fourth-order valence-electron chi connectivity index (χ4n) is 3.87. The normalized spacial score (nSPS) is 22.6. The van der Waals surface area contributed by atoms with Crippen molar-refractivity contribution < 1.29 is 36.7 Å². The quantitative estimate of drug-likeness (QED) is 0.356. The summed E-state index contributed by atoms with van der Waals surface area (Å²) in [5.74, 6) is 0.189. The fraction of sp³-hybridized carbons (Fsp3) is 0.440. The number of ether oxygens (including phenoxy) is 4. The Morgan fingerprint density at radius 1 is 1.15 bits per heavy atom. The lowest BCUT2D eigenvalue weighted by atomic mass is 9.91. The Kier molecular flexibility index (Phi) is 9.63. The molecule has 0 aromatic heterocycles. The van der Waals surface area contributed by atoms with Gasteiger partial charge in [-0.25, -0.2) is 0 Å². The van der Waals surface area contributed by atoms with E-state index in [1.54, 1.807) is 13.2 Å². The first-order valence-electron chi connectivity index (χ1n) is 11.0. The second kappa shape index (κ2) is 12.4. The predicted molar refractivity (Wildman–Crippen MR) is 127 cm³/mol. The van der Waals surface area contributed by atoms with E-state index in [4.69, 9.17) is 23.1 Å². The molecule has 8 nitrogen and oxygen atoms in total. The van der Waals surface area contributed by atoms with Gasteiger partial charge in [0.25, 0.3) is 10.1 Å². The Labute approximate surface area is 201 Å². The molecule has 2 aromatic carbocycles. The van der Waals surface area contributed by atoms with Gasteiger partial charge in [0.1, 0.15) is 11.9 Å². The van der Waals surface area contributed by atoms with E-state index in [0.29, 0.717) is 19.6 Å². The SMILES string of the molecule is C=C[C@H](C(CO)OS(C)(=O)=O)[C@H]1C[C@@H](COCc2ccc(OC)cc2)O[C@@H](c2ccccc2)O1. The molecule has 1 heterocycles. The van der Waals surface area contributed by atoms with E-state index in [1.165, 1.54) is 0 Å². The molecule has 34 heavy (non-hydrogen) atoms. The van der Waals surface area contributed by atoms with Gasteiger partial charge < -0.3 is 24.1 Å². The summed E-state index contributed by atoms with van der Waals surface area (Å²) in [6.07, 6.45) is 0.365. The van der Waals surface area contributed by atoms with Crippen molar-refractivity contribution in [3.8, 4) is 5.75 Å². The minimum Gasteiger partial charge on any atom is -0.497 e. The molecular weight excluding hydrogens is 460 g/mol. The maximum absolute atomic E-state index is 11.7. The molecule has 2 aromatic rings. The predicted octanol–water partition coefficient (Wildman–Crippen LogP) is 3.22. The number of aliphatic hydroxyl groups excluding tert-OH is 1. The van der Waals surface area contributed by atoms with E-state index in [-0.39, 0.29) is 6.10 Å². The molecule has 9 heteroatoms. The van der Waals surface area contributed by atoms with Gasteiger partial charge in [0, 0.05) is 17.9 Å². The Balaban J connectivity index is 1.72. The number of hydrogen-bond acceptors (Lipinski definition) is 8. The highest BCUT2D eigenvalue weighted by Gasteiger charge is 2.39. The van der Waals surface area contributed by atoms with E-state index in [1.807, 2.05) is 54.6 Å². The Bertz CT molecular complexity index is 993. The second-order valence-corrected chi connectivity index (χ2v) is 9.71. The summed E-state index contributed by atoms with van der Waals surface area (Å²) in [4.78, 5) is 0. The maximum Gasteiger partial charge on any atom is 0.264 e. The largest absolute Gasteiger partial charge is 0.497 e. The van der Waals surface area contributed by atoms with Gasteiger partial charge in [0.15, 0.2) is 6.29 Å². The Morgan fingerprint density at radius 2 is 1.85 bits per heavy atom. The molecule has 0 saturated carbocycles. The standard InChI is InChI=1S/C25H32O8S/c1-4-22(24(15-26)33-34(3,27)28)23-14-21(31-25(32-23)19-8-6-5-7-9-19)17-30-16-18-10-12-20(29-2)13-11-18/h4-13,21-26H,1,14-17H2,2-3H3/t21-,22-,23+,24?,25+/m0/s1. The third kappa shape index (κ3) is 7.63. The minimum atomic E-state index is -3.79. The van der Waals surface area contributed by atoms with Crippen LogP contribution in [0.15, 0.2) is 67.3 Å². The van der Waals surface area contributed by atoms with E-state index < -0.39 is 41.1 Å². The zero-order chi connectivity index (χ0) is 24.6. The zero-order valence-electron chi connectivity index (χ0n) is 19.4. The highest BCUT2D eigenvalue weighted by Crippen LogP contribution is 2.35. The van der Waals surface area contributed by atoms with Gasteiger partial charge in [-0.3, -0.25) is 4.18 Å². The molecule has 3 rings (SSSR count). The molecule has 1 aliphatic rings. The van der Waals surface area contributed by atoms with Crippen LogP contribution in [0.1, 0.15) is 23.8 Å². The van der Waals surface area contributed by atoms with Crippen LogP contribution in [0, 0.1) is 5.92 Å². The van der Waals surface area contributed by atoms with E-state index >= 15 is 0 Å². The summed E-state index contributed by atoms with van der Waals surface area (Å²) in [7, 11) is -2.17. The summed E-state index contributed by atoms with van der Waals surface area (Å²) >= 11 is 0. The van der Waals surface area contributed by atoms with Crippen LogP contribution in [-0.4, -0.2) is 58.4 Å². The molecular formula is C25H32O8S. The van der Waals surface area contributed by atoms with E-state index in [0.717, 1.165) is 23.1 Å². The van der Waals surface area contributed by atoms with Crippen LogP contribution in [0.4, 0.5) is 0 Å². The van der Waals surface area contributed by atoms with Crippen molar-refractivity contribution in [3.05, 3.63) is 78.4 Å². The van der Waals surface area contributed by atoms with Crippen molar-refractivity contribution in [1.29, 1.82) is 0 Å². The molecule has 0 amide bonds. The minimum absolute atomic E-state index is 0.301. The summed E-state index contributed by atoms with van der Waals surface area (Å²) in [6.45, 7) is 4.02. The number of methoxy groups -OCH3 is 1. The van der Waals surface area contributed by atoms with Crippen molar-refractivity contribution in [2.45, 2.75) is 37.6 Å². The average Bonchev–Trinajstić information content (AvgIpc) is 2.84. The zero-order valence-corrected chi connectivity index (χ0v) is 20.2. The first-order chi connectivity index (χ1) is 16.3. The van der Waals surface area contributed by atoms with Gasteiger partial charge in [-0.1, -0.05) is 48.5 Å². The first-order valence-corrected chi connectivity index (χ1v) is 12.8. The molecule has 0 spiro atoms. The van der Waals surface area contributed by atoms with Gasteiger partial charge >= 0.3 is 0 Å². The fourth-order valence-corrected chi connectivity index (χ4v) is 4.51. The van der Waals surface area contributed by atoms with E-state index in [9.17, 15) is 13.5 Å². The number of benzene rings is 2. The van der Waals surface area contributed by atoms with Crippen molar-refractivity contribution in [2.24, 2.45) is 5.92 Å². The monoisotopic (exact) mass is 492 g/mol. The van der Waals surface area contributed by atoms with Gasteiger partial charge in [0.2, 0.25) is 0 Å². The lowest BCUT2D eigenvalue weighted by Gasteiger charge is -2.40. The van der Waals surface area contributed by atoms with Gasteiger partial charge in [0.05, 0.1) is 45.4 Å². The van der Waals surface area contributed by atoms with Gasteiger partial charge in [-0.05, 0) is 17.7 Å². The van der Waals surface area contributed by atoms with Crippen LogP contribution >= 0.6 is 0 Å². The first kappa shape index (κ1) is 26.3. The van der Waals surface area contributed by atoms with Crippen LogP contribution < -0.4 is 4.74 Å². The molecule has 1 fully saturated rings. The number of aliphatic hydroxyl groups is 1. The highest BCUT2D eigenvalue weighted by atomic mass is 32.2. The summed E-state index contributed by atoms with van der Waals surface area (Å²) in [6, 6.07) is 17.1. The molecule has 0 bridgehead atoms. The molecule has 0 aliphatic carbocycles. The third-order valence-electron chi connectivity index (χ3n) is 5.52. The molecule has 5 atom stereocenters. The van der Waals surface area contributed by atoms with Crippen molar-refractivity contribution in [1.82, 2.24) is 0 Å². The van der Waals surface area contributed by atoms with E-state index in [2.05, 4.69) is 6.58 Å². The average molecular weight is 493 g/mol. The van der Waals surface area contributed by atoms with Crippen molar-refractivity contribution >= 4 is 10.1 Å². The second-order valence-electron chi connectivity index (χ2n) is 8.11. The number of rotatable bonds is 12. The Morgan fingerprint density at radius 3 is 2.44 bits per heavy atom. The summed E-state index contributed by atoms with van der Waals surface area (Å²) in [5.41, 5.74) is 1.81. The van der Waals surface area contributed by atoms with Crippen LogP contribution in [0.2, 0.25) is 0 Å². The van der Waals surface area contributed by atoms with Crippen LogP contribution in [-0.2, 0) is 35.1 Å². The Hall–Kier alpha value is -2.27. The van der Waals surface area contributed by atoms with Crippen LogP contribution in [0.5, 0.6) is 5.75 Å². The molecule has 1 N–H and O–H groups in total. The molecule has 186 valence electrons. The van der Waals surface area contributed by atoms with Gasteiger partial charge in [-0.2, -0.15) is 8.42 Å². The highest BCUT2D eigenvalue weighted by molar-refractivity contribution is 7.86. The van der Waals surface area contributed by atoms with Crippen LogP contribution in [0.25, 0.3) is 0 Å². The van der Waals surface area contributed by atoms with Crippen molar-refractivity contribution in [3.63, 3.8) is 0 Å². The maximum atomic E-state index is 11.7. The molecule has 1 aliphatic heterocycles. The number of hydrogen-bond donors (Lipinski definition) is 1. The summed E-state index contributed by atoms with van der Waals surface area (Å²) < 4.78 is 52.0. The van der Waals surface area contributed by atoms with Gasteiger partial charge in [-0.15, -0.1) is 6.58 Å². The smallest absolute Gasteiger partial charge is 0.264 e. The lowest BCUT2D eigenvalue weighted by Crippen LogP contribution is -2.45. The third-order valence-corrected chi connectivity index (χ3v) is 6.12. The van der Waals surface area contributed by atoms with Crippen molar-refractivity contribution in [2.75, 3.05) is 26.6 Å². The molecule has 1 saturated heterocycles. The van der Waals surface area contributed by atoms with Crippen LogP contribution in [0.3, 0.4) is 0 Å². The molecule has 1 unspecified atom stereocenters. The molecule has 0 radical (unpaired) electrons. The lowest BCUT2D eigenvalue weighted by molar-refractivity contribution is -0.267. The summed E-state index contributed by atoms with van der Waals surface area (Å²) in [5, 5.41) is 9.82. The topological polar surface area (TPSA) is 101 Å².